The number of piperazine rings is 1. The zero-order valence-electron chi connectivity index (χ0n) is 11.6. The highest BCUT2D eigenvalue weighted by atomic mass is 79.9. The molecule has 1 aliphatic rings. The van der Waals surface area contributed by atoms with E-state index in [4.69, 9.17) is 5.73 Å². The molecule has 1 aromatic carbocycles. The van der Waals surface area contributed by atoms with Gasteiger partial charge in [-0.15, -0.1) is 0 Å². The predicted octanol–water partition coefficient (Wildman–Crippen LogP) is 2.63. The van der Waals surface area contributed by atoms with Gasteiger partial charge in [-0.2, -0.15) is 13.2 Å². The molecule has 7 heteroatoms. The van der Waals surface area contributed by atoms with Crippen LogP contribution in [0.3, 0.4) is 0 Å². The minimum absolute atomic E-state index is 0.0358. The van der Waals surface area contributed by atoms with Crippen molar-refractivity contribution in [1.29, 1.82) is 0 Å². The Morgan fingerprint density at radius 3 is 2.29 bits per heavy atom. The summed E-state index contributed by atoms with van der Waals surface area (Å²) in [7, 11) is 0. The summed E-state index contributed by atoms with van der Waals surface area (Å²) in [4.78, 5) is 3.61. The van der Waals surface area contributed by atoms with Gasteiger partial charge in [0.1, 0.15) is 0 Å². The van der Waals surface area contributed by atoms with Crippen molar-refractivity contribution in [2.24, 2.45) is 5.73 Å². The second-order valence-corrected chi connectivity index (χ2v) is 6.05. The first-order valence-electron chi connectivity index (χ1n) is 6.88. The van der Waals surface area contributed by atoms with Gasteiger partial charge in [0.2, 0.25) is 0 Å². The van der Waals surface area contributed by atoms with Crippen LogP contribution in [-0.4, -0.2) is 55.2 Å². The molecule has 1 aromatic rings. The van der Waals surface area contributed by atoms with E-state index in [9.17, 15) is 13.2 Å². The predicted molar refractivity (Wildman–Crippen MR) is 80.0 cm³/mol. The highest BCUT2D eigenvalue weighted by molar-refractivity contribution is 9.10. The molecule has 1 unspecified atom stereocenters. The van der Waals surface area contributed by atoms with E-state index in [0.29, 0.717) is 32.7 Å². The van der Waals surface area contributed by atoms with Gasteiger partial charge >= 0.3 is 6.18 Å². The number of hydrogen-bond donors (Lipinski definition) is 1. The first-order valence-corrected chi connectivity index (χ1v) is 7.67. The fourth-order valence-electron chi connectivity index (χ4n) is 2.70. The van der Waals surface area contributed by atoms with E-state index in [2.05, 4.69) is 20.8 Å². The second kappa shape index (κ2) is 7.09. The molecule has 0 saturated carbocycles. The maximum absolute atomic E-state index is 12.4. The van der Waals surface area contributed by atoms with Crippen LogP contribution in [0.15, 0.2) is 28.7 Å². The van der Waals surface area contributed by atoms with Crippen molar-refractivity contribution in [2.75, 3.05) is 39.3 Å². The number of nitrogens with zero attached hydrogens (tertiary/aromatic N) is 2. The lowest BCUT2D eigenvalue weighted by Crippen LogP contribution is -2.51. The van der Waals surface area contributed by atoms with Gasteiger partial charge in [0.25, 0.3) is 0 Å². The molecule has 1 heterocycles. The van der Waals surface area contributed by atoms with E-state index in [0.717, 1.165) is 10.0 Å². The Bertz CT molecular complexity index is 459. The van der Waals surface area contributed by atoms with Gasteiger partial charge in [-0.1, -0.05) is 34.1 Å². The minimum atomic E-state index is -4.13. The Morgan fingerprint density at radius 2 is 1.76 bits per heavy atom. The number of rotatable bonds is 4. The molecule has 21 heavy (non-hydrogen) atoms. The molecular weight excluding hydrogens is 347 g/mol. The number of hydrogen-bond acceptors (Lipinski definition) is 3. The highest BCUT2D eigenvalue weighted by Gasteiger charge is 2.33. The van der Waals surface area contributed by atoms with Crippen molar-refractivity contribution in [1.82, 2.24) is 9.80 Å². The van der Waals surface area contributed by atoms with Crippen molar-refractivity contribution in [3.63, 3.8) is 0 Å². The fraction of sp³-hybridized carbons (Fsp3) is 0.571. The summed E-state index contributed by atoms with van der Waals surface area (Å²) >= 11 is 3.51. The monoisotopic (exact) mass is 365 g/mol. The third-order valence-electron chi connectivity index (χ3n) is 3.74. The first-order chi connectivity index (χ1) is 9.90. The van der Waals surface area contributed by atoms with E-state index >= 15 is 0 Å². The minimum Gasteiger partial charge on any atom is -0.329 e. The fourth-order valence-corrected chi connectivity index (χ4v) is 3.25. The standard InChI is InChI=1S/C14H19BrF3N3/c15-12-4-2-1-3-11(12)13(9-19)21-7-5-20(6-8-21)10-14(16,17)18/h1-4,13H,5-10,19H2. The Balaban J connectivity index is 1.98. The van der Waals surface area contributed by atoms with Crippen LogP contribution in [0.4, 0.5) is 13.2 Å². The maximum Gasteiger partial charge on any atom is 0.401 e. The van der Waals surface area contributed by atoms with Crippen LogP contribution in [-0.2, 0) is 0 Å². The average Bonchev–Trinajstić information content (AvgIpc) is 2.42. The van der Waals surface area contributed by atoms with Gasteiger partial charge in [-0.05, 0) is 11.6 Å². The van der Waals surface area contributed by atoms with Crippen LogP contribution in [0.1, 0.15) is 11.6 Å². The Kier molecular flexibility index (Phi) is 5.65. The van der Waals surface area contributed by atoms with Gasteiger partial charge in [-0.3, -0.25) is 9.80 Å². The van der Waals surface area contributed by atoms with Gasteiger partial charge in [0.05, 0.1) is 6.54 Å². The molecule has 0 bridgehead atoms. The molecule has 2 rings (SSSR count). The molecule has 1 aliphatic heterocycles. The lowest BCUT2D eigenvalue weighted by molar-refractivity contribution is -0.149. The van der Waals surface area contributed by atoms with Crippen molar-refractivity contribution < 1.29 is 13.2 Å². The van der Waals surface area contributed by atoms with Crippen molar-refractivity contribution in [3.05, 3.63) is 34.3 Å². The largest absolute Gasteiger partial charge is 0.401 e. The number of alkyl halides is 3. The average molecular weight is 366 g/mol. The third-order valence-corrected chi connectivity index (χ3v) is 4.46. The summed E-state index contributed by atoms with van der Waals surface area (Å²) in [5, 5.41) is 0. The van der Waals surface area contributed by atoms with E-state index in [1.165, 1.54) is 4.90 Å². The number of halogens is 4. The quantitative estimate of drug-likeness (QED) is 0.890. The smallest absolute Gasteiger partial charge is 0.329 e. The topological polar surface area (TPSA) is 32.5 Å². The summed E-state index contributed by atoms with van der Waals surface area (Å²) in [6.07, 6.45) is -4.13. The van der Waals surface area contributed by atoms with Crippen LogP contribution in [0.25, 0.3) is 0 Å². The van der Waals surface area contributed by atoms with Gasteiger partial charge in [-0.25, -0.2) is 0 Å². The summed E-state index contributed by atoms with van der Waals surface area (Å²) in [5.41, 5.74) is 6.97. The Hall–Kier alpha value is -0.630. The Labute approximate surface area is 131 Å². The van der Waals surface area contributed by atoms with Crippen LogP contribution >= 0.6 is 15.9 Å². The van der Waals surface area contributed by atoms with Gasteiger partial charge in [0.15, 0.2) is 0 Å². The molecule has 118 valence electrons. The zero-order chi connectivity index (χ0) is 15.5. The van der Waals surface area contributed by atoms with Crippen LogP contribution < -0.4 is 5.73 Å². The highest BCUT2D eigenvalue weighted by Crippen LogP contribution is 2.28. The summed E-state index contributed by atoms with van der Waals surface area (Å²) in [5.74, 6) is 0. The molecule has 0 spiro atoms. The molecule has 0 amide bonds. The molecule has 2 N–H and O–H groups in total. The van der Waals surface area contributed by atoms with Crippen molar-refractivity contribution in [3.8, 4) is 0 Å². The van der Waals surface area contributed by atoms with Crippen LogP contribution in [0.5, 0.6) is 0 Å². The van der Waals surface area contributed by atoms with E-state index in [1.807, 2.05) is 24.3 Å². The van der Waals surface area contributed by atoms with Crippen molar-refractivity contribution >= 4 is 15.9 Å². The van der Waals surface area contributed by atoms with E-state index in [1.54, 1.807) is 0 Å². The third kappa shape index (κ3) is 4.67. The molecule has 1 atom stereocenters. The van der Waals surface area contributed by atoms with E-state index < -0.39 is 12.7 Å². The van der Waals surface area contributed by atoms with Crippen LogP contribution in [0.2, 0.25) is 0 Å². The lowest BCUT2D eigenvalue weighted by Gasteiger charge is -2.39. The molecule has 0 aromatic heterocycles. The molecule has 0 aliphatic carbocycles. The number of benzene rings is 1. The molecule has 3 nitrogen and oxygen atoms in total. The van der Waals surface area contributed by atoms with Crippen LogP contribution in [0, 0.1) is 0 Å². The van der Waals surface area contributed by atoms with Gasteiger partial charge < -0.3 is 5.73 Å². The molecule has 1 fully saturated rings. The normalized spacial score (nSPS) is 19.7. The SMILES string of the molecule is NCC(c1ccccc1Br)N1CCN(CC(F)(F)F)CC1. The molecular formula is C14H19BrF3N3. The lowest BCUT2D eigenvalue weighted by atomic mass is 10.0. The van der Waals surface area contributed by atoms with Gasteiger partial charge in [0, 0.05) is 43.2 Å². The molecule has 1 saturated heterocycles. The summed E-state index contributed by atoms with van der Waals surface area (Å²) < 4.78 is 38.2. The second-order valence-electron chi connectivity index (χ2n) is 5.20. The summed E-state index contributed by atoms with van der Waals surface area (Å²) in [6.45, 7) is 1.64. The van der Waals surface area contributed by atoms with Crippen molar-refractivity contribution in [2.45, 2.75) is 12.2 Å². The van der Waals surface area contributed by atoms with E-state index in [-0.39, 0.29) is 6.04 Å². The zero-order valence-corrected chi connectivity index (χ0v) is 13.2. The first kappa shape index (κ1) is 16.7. The maximum atomic E-state index is 12.4. The number of nitrogens with two attached hydrogens (primary N) is 1. The molecule has 0 radical (unpaired) electrons. The summed E-state index contributed by atoms with van der Waals surface area (Å²) in [6, 6.07) is 7.88. The Morgan fingerprint density at radius 1 is 1.14 bits per heavy atom.